The van der Waals surface area contributed by atoms with Crippen LogP contribution in [-0.2, 0) is 21.7 Å². The number of fused-ring (bicyclic) bond motifs is 2. The van der Waals surface area contributed by atoms with E-state index in [1.54, 1.807) is 24.0 Å². The number of carbonyl (C=O) groups excluding carboxylic acids is 4. The van der Waals surface area contributed by atoms with E-state index in [4.69, 9.17) is 9.15 Å². The number of aryl methyl sites for hydroxylation is 1. The van der Waals surface area contributed by atoms with E-state index < -0.39 is 29.2 Å². The molecule has 1 aromatic carbocycles. The zero-order chi connectivity index (χ0) is 25.4. The van der Waals surface area contributed by atoms with E-state index >= 15 is 0 Å². The van der Waals surface area contributed by atoms with Crippen molar-refractivity contribution in [3.05, 3.63) is 52.7 Å². The van der Waals surface area contributed by atoms with Crippen molar-refractivity contribution in [2.45, 2.75) is 25.4 Å². The summed E-state index contributed by atoms with van der Waals surface area (Å²) in [6, 6.07) is 5.44. The molecule has 5 heterocycles. The highest BCUT2D eigenvalue weighted by Crippen LogP contribution is 2.37. The molecular weight excluding hydrogens is 473 g/mol. The number of methoxy groups -OCH3 is 1. The van der Waals surface area contributed by atoms with Crippen molar-refractivity contribution in [2.75, 3.05) is 25.1 Å². The lowest BCUT2D eigenvalue weighted by Crippen LogP contribution is -2.52. The number of hydrogen-bond donors (Lipinski definition) is 2. The Morgan fingerprint density at radius 1 is 1.22 bits per heavy atom. The number of amides is 5. The van der Waals surface area contributed by atoms with Crippen LogP contribution in [0.1, 0.15) is 33.8 Å². The van der Waals surface area contributed by atoms with Crippen LogP contribution in [0.4, 0.5) is 14.9 Å². The number of furan rings is 1. The number of hydrogen-bond acceptors (Lipinski definition) is 7. The van der Waals surface area contributed by atoms with E-state index in [0.717, 1.165) is 0 Å². The maximum atomic E-state index is 14.8. The van der Waals surface area contributed by atoms with Gasteiger partial charge in [-0.25, -0.2) is 14.2 Å². The van der Waals surface area contributed by atoms with E-state index in [0.29, 0.717) is 41.0 Å². The number of imide groups is 1. The summed E-state index contributed by atoms with van der Waals surface area (Å²) in [5.41, 5.74) is 0.458. The number of benzene rings is 1. The third-order valence-corrected chi connectivity index (χ3v) is 6.87. The van der Waals surface area contributed by atoms with Crippen LogP contribution in [0.3, 0.4) is 0 Å². The zero-order valence-electron chi connectivity index (χ0n) is 19.3. The summed E-state index contributed by atoms with van der Waals surface area (Å²) in [6.45, 7) is 2.05. The Bertz CT molecular complexity index is 1520. The highest BCUT2D eigenvalue weighted by atomic mass is 19.1. The SMILES string of the molecule is COc1ccc2c(c1F)C(=O)N(C[C@@]1(c3cc4nc(C)c(N5CCC5=O)cc4o3)NC(=O)NC1=O)C2. The Kier molecular flexibility index (Phi) is 4.59. The summed E-state index contributed by atoms with van der Waals surface area (Å²) in [6.07, 6.45) is 0.453. The number of ether oxygens (including phenoxy) is 1. The molecule has 2 aromatic heterocycles. The number of pyridine rings is 1. The number of aromatic nitrogens is 1. The van der Waals surface area contributed by atoms with Gasteiger partial charge >= 0.3 is 6.03 Å². The Balaban J connectivity index is 1.40. The smallest absolute Gasteiger partial charge is 0.322 e. The predicted molar refractivity (Wildman–Crippen MR) is 122 cm³/mol. The lowest BCUT2D eigenvalue weighted by atomic mass is 9.95. The Morgan fingerprint density at radius 2 is 2.03 bits per heavy atom. The maximum absolute atomic E-state index is 14.8. The van der Waals surface area contributed by atoms with Gasteiger partial charge in [0.2, 0.25) is 5.91 Å². The fraction of sp³-hybridized carbons (Fsp3) is 0.292. The van der Waals surface area contributed by atoms with Gasteiger partial charge in [0.25, 0.3) is 11.8 Å². The number of nitrogens with zero attached hydrogens (tertiary/aromatic N) is 3. The lowest BCUT2D eigenvalue weighted by Gasteiger charge is -2.31. The lowest BCUT2D eigenvalue weighted by molar-refractivity contribution is -0.125. The molecule has 6 rings (SSSR count). The molecule has 1 atom stereocenters. The van der Waals surface area contributed by atoms with Crippen LogP contribution in [0.2, 0.25) is 0 Å². The van der Waals surface area contributed by atoms with Crippen LogP contribution in [-0.4, -0.2) is 53.8 Å². The Hall–Kier alpha value is -4.48. The van der Waals surface area contributed by atoms with E-state index in [-0.39, 0.29) is 36.1 Å². The quantitative estimate of drug-likeness (QED) is 0.408. The molecule has 0 radical (unpaired) electrons. The van der Waals surface area contributed by atoms with E-state index in [9.17, 15) is 23.6 Å². The molecule has 0 unspecified atom stereocenters. The van der Waals surface area contributed by atoms with Crippen molar-refractivity contribution in [2.24, 2.45) is 0 Å². The molecule has 2 fully saturated rings. The number of nitrogens with one attached hydrogen (secondary N) is 2. The van der Waals surface area contributed by atoms with Gasteiger partial charge in [0, 0.05) is 31.6 Å². The summed E-state index contributed by atoms with van der Waals surface area (Å²) >= 11 is 0. The molecule has 5 amide bonds. The minimum atomic E-state index is -1.77. The molecule has 0 aliphatic carbocycles. The number of rotatable bonds is 5. The van der Waals surface area contributed by atoms with Crippen molar-refractivity contribution >= 4 is 40.5 Å². The van der Waals surface area contributed by atoms with Crippen molar-refractivity contribution in [1.82, 2.24) is 20.5 Å². The molecule has 2 saturated heterocycles. The van der Waals surface area contributed by atoms with Crippen LogP contribution in [0.15, 0.2) is 28.7 Å². The number of halogens is 1. The number of β-lactam (4-membered cyclic amide) rings is 1. The summed E-state index contributed by atoms with van der Waals surface area (Å²) in [5.74, 6) is -2.18. The van der Waals surface area contributed by atoms with Gasteiger partial charge < -0.3 is 24.3 Å². The Morgan fingerprint density at radius 3 is 2.67 bits per heavy atom. The summed E-state index contributed by atoms with van der Waals surface area (Å²) < 4.78 is 25.8. The van der Waals surface area contributed by atoms with Gasteiger partial charge in [-0.1, -0.05) is 6.07 Å². The Labute approximate surface area is 203 Å². The van der Waals surface area contributed by atoms with Crippen LogP contribution < -0.4 is 20.3 Å². The van der Waals surface area contributed by atoms with Gasteiger partial charge in [0.1, 0.15) is 11.3 Å². The molecule has 12 heteroatoms. The van der Waals surface area contributed by atoms with Gasteiger partial charge in [0.05, 0.1) is 30.6 Å². The van der Waals surface area contributed by atoms with E-state index in [1.165, 1.54) is 24.1 Å². The average molecular weight is 493 g/mol. The van der Waals surface area contributed by atoms with Crippen molar-refractivity contribution in [3.8, 4) is 5.75 Å². The van der Waals surface area contributed by atoms with Crippen molar-refractivity contribution in [1.29, 1.82) is 0 Å². The molecular formula is C24H20FN5O6. The van der Waals surface area contributed by atoms with E-state index in [1.807, 2.05) is 0 Å². The molecule has 0 spiro atoms. The molecule has 36 heavy (non-hydrogen) atoms. The van der Waals surface area contributed by atoms with Gasteiger partial charge in [-0.2, -0.15) is 0 Å². The third kappa shape index (κ3) is 3.00. The standard InChI is InChI=1S/C24H20FN5O6/c1-11-14(30-6-5-18(30)31)8-16-13(26-11)7-17(36-16)24(22(33)27-23(34)28-24)10-29-9-12-3-4-15(35-2)20(25)19(12)21(29)32/h3-4,7-8H,5-6,9-10H2,1-2H3,(H2,27,28,33,34)/t24-/m0/s1. The van der Waals surface area contributed by atoms with Crippen LogP contribution >= 0.6 is 0 Å². The largest absolute Gasteiger partial charge is 0.494 e. The highest BCUT2D eigenvalue weighted by Gasteiger charge is 2.53. The third-order valence-electron chi connectivity index (χ3n) is 6.87. The highest BCUT2D eigenvalue weighted by molar-refractivity contribution is 6.08. The van der Waals surface area contributed by atoms with Gasteiger partial charge in [0.15, 0.2) is 22.7 Å². The second-order valence-electron chi connectivity index (χ2n) is 8.97. The summed E-state index contributed by atoms with van der Waals surface area (Å²) in [4.78, 5) is 57.8. The monoisotopic (exact) mass is 493 g/mol. The molecule has 2 N–H and O–H groups in total. The minimum absolute atomic E-state index is 0.0266. The maximum Gasteiger partial charge on any atom is 0.322 e. The first-order valence-corrected chi connectivity index (χ1v) is 11.2. The molecule has 11 nitrogen and oxygen atoms in total. The number of anilines is 1. The molecule has 3 aliphatic heterocycles. The second kappa shape index (κ2) is 7.51. The van der Waals surface area contributed by atoms with Crippen LogP contribution in [0.25, 0.3) is 11.1 Å². The predicted octanol–water partition coefficient (Wildman–Crippen LogP) is 1.71. The first-order valence-electron chi connectivity index (χ1n) is 11.2. The topological polar surface area (TPSA) is 134 Å². The fourth-order valence-corrected chi connectivity index (χ4v) is 4.93. The van der Waals surface area contributed by atoms with Crippen LogP contribution in [0.5, 0.6) is 5.75 Å². The fourth-order valence-electron chi connectivity index (χ4n) is 4.93. The minimum Gasteiger partial charge on any atom is -0.494 e. The average Bonchev–Trinajstić information content (AvgIpc) is 3.47. The number of carbonyl (C=O) groups is 4. The van der Waals surface area contributed by atoms with Gasteiger partial charge in [-0.15, -0.1) is 0 Å². The second-order valence-corrected chi connectivity index (χ2v) is 8.97. The molecule has 184 valence electrons. The number of urea groups is 1. The first-order chi connectivity index (χ1) is 17.2. The van der Waals surface area contributed by atoms with Gasteiger partial charge in [-0.05, 0) is 18.6 Å². The summed E-state index contributed by atoms with van der Waals surface area (Å²) in [5, 5.41) is 4.79. The van der Waals surface area contributed by atoms with E-state index in [2.05, 4.69) is 15.6 Å². The summed E-state index contributed by atoms with van der Waals surface area (Å²) in [7, 11) is 1.30. The zero-order valence-corrected chi connectivity index (χ0v) is 19.3. The normalized spacial score (nSPS) is 21.1. The van der Waals surface area contributed by atoms with Crippen molar-refractivity contribution in [3.63, 3.8) is 0 Å². The molecule has 0 saturated carbocycles. The first kappa shape index (κ1) is 22.0. The van der Waals surface area contributed by atoms with Crippen molar-refractivity contribution < 1.29 is 32.7 Å². The molecule has 3 aliphatic rings. The van der Waals surface area contributed by atoms with Gasteiger partial charge in [-0.3, -0.25) is 19.7 Å². The van der Waals surface area contributed by atoms with Crippen LogP contribution in [0, 0.1) is 12.7 Å². The molecule has 0 bridgehead atoms. The molecule has 3 aromatic rings.